The number of aryl methyl sites for hydroxylation is 1. The molecule has 0 N–H and O–H groups in total. The predicted octanol–water partition coefficient (Wildman–Crippen LogP) is 3.78. The van der Waals surface area contributed by atoms with Crippen LogP contribution in [0.5, 0.6) is 5.75 Å². The van der Waals surface area contributed by atoms with Crippen molar-refractivity contribution in [1.29, 1.82) is 0 Å². The molecule has 5 heteroatoms. The Hall–Kier alpha value is -2.04. The van der Waals surface area contributed by atoms with Gasteiger partial charge in [0.2, 0.25) is 5.91 Å². The van der Waals surface area contributed by atoms with Crippen LogP contribution in [0.15, 0.2) is 18.2 Å². The van der Waals surface area contributed by atoms with Crippen molar-refractivity contribution in [1.82, 2.24) is 9.80 Å². The van der Waals surface area contributed by atoms with Crippen molar-refractivity contribution in [3.05, 3.63) is 29.3 Å². The molecule has 0 aliphatic carbocycles. The van der Waals surface area contributed by atoms with Crippen molar-refractivity contribution in [3.8, 4) is 5.75 Å². The number of hydrogen-bond acceptors (Lipinski definition) is 3. The molecular formula is C23H36N2O3. The van der Waals surface area contributed by atoms with Gasteiger partial charge in [0.25, 0.3) is 5.91 Å². The van der Waals surface area contributed by atoms with E-state index in [1.807, 2.05) is 21.9 Å². The van der Waals surface area contributed by atoms with Crippen LogP contribution >= 0.6 is 0 Å². The van der Waals surface area contributed by atoms with Crippen LogP contribution in [0.2, 0.25) is 0 Å². The zero-order valence-corrected chi connectivity index (χ0v) is 18.4. The fourth-order valence-corrected chi connectivity index (χ4v) is 3.48. The molecule has 0 bridgehead atoms. The zero-order valence-electron chi connectivity index (χ0n) is 18.4. The molecule has 0 radical (unpaired) electrons. The molecule has 0 saturated carbocycles. The minimum Gasteiger partial charge on any atom is -0.483 e. The van der Waals surface area contributed by atoms with Crippen LogP contribution in [-0.4, -0.2) is 54.4 Å². The molecule has 0 spiro atoms. The van der Waals surface area contributed by atoms with Gasteiger partial charge in [-0.25, -0.2) is 0 Å². The normalized spacial score (nSPS) is 15.5. The quantitative estimate of drug-likeness (QED) is 0.771. The van der Waals surface area contributed by atoms with Gasteiger partial charge in [-0.05, 0) is 36.3 Å². The molecule has 1 fully saturated rings. The van der Waals surface area contributed by atoms with E-state index in [0.29, 0.717) is 32.0 Å². The minimum absolute atomic E-state index is 0.0152. The number of ether oxygens (including phenoxy) is 1. The Morgan fingerprint density at radius 3 is 2.21 bits per heavy atom. The maximum atomic E-state index is 12.7. The van der Waals surface area contributed by atoms with E-state index in [-0.39, 0.29) is 23.8 Å². The SMILES string of the molecule is Cc1ccc(OCC(=O)N2CCCN(C(=O)CC(C)C)CC2)c(C(C)(C)C)c1. The van der Waals surface area contributed by atoms with Crippen LogP contribution < -0.4 is 4.74 Å². The number of carbonyl (C=O) groups excluding carboxylic acids is 2. The van der Waals surface area contributed by atoms with Crippen molar-refractivity contribution < 1.29 is 14.3 Å². The summed E-state index contributed by atoms with van der Waals surface area (Å²) in [6, 6.07) is 6.10. The summed E-state index contributed by atoms with van der Waals surface area (Å²) in [5.74, 6) is 1.30. The molecule has 5 nitrogen and oxygen atoms in total. The summed E-state index contributed by atoms with van der Waals surface area (Å²) in [6.45, 7) is 15.2. The lowest BCUT2D eigenvalue weighted by Gasteiger charge is -2.25. The minimum atomic E-state index is -0.0513. The first-order valence-electron chi connectivity index (χ1n) is 10.4. The van der Waals surface area contributed by atoms with Crippen molar-refractivity contribution in [2.24, 2.45) is 5.92 Å². The Morgan fingerprint density at radius 1 is 1.04 bits per heavy atom. The third-order valence-corrected chi connectivity index (χ3v) is 5.08. The first-order valence-corrected chi connectivity index (χ1v) is 10.4. The lowest BCUT2D eigenvalue weighted by molar-refractivity contribution is -0.135. The molecule has 156 valence electrons. The van der Waals surface area contributed by atoms with Crippen LogP contribution in [-0.2, 0) is 15.0 Å². The molecule has 0 aromatic heterocycles. The highest BCUT2D eigenvalue weighted by atomic mass is 16.5. The van der Waals surface area contributed by atoms with E-state index in [1.165, 1.54) is 5.56 Å². The second kappa shape index (κ2) is 9.44. The van der Waals surface area contributed by atoms with Gasteiger partial charge in [0.1, 0.15) is 5.75 Å². The first kappa shape index (κ1) is 22.3. The van der Waals surface area contributed by atoms with Gasteiger partial charge in [-0.1, -0.05) is 52.3 Å². The van der Waals surface area contributed by atoms with Gasteiger partial charge >= 0.3 is 0 Å². The number of benzene rings is 1. The van der Waals surface area contributed by atoms with Crippen LogP contribution in [0.25, 0.3) is 0 Å². The van der Waals surface area contributed by atoms with Gasteiger partial charge in [0.15, 0.2) is 6.61 Å². The third kappa shape index (κ3) is 6.25. The van der Waals surface area contributed by atoms with E-state index >= 15 is 0 Å². The number of amides is 2. The molecule has 0 atom stereocenters. The van der Waals surface area contributed by atoms with Crippen LogP contribution in [0.4, 0.5) is 0 Å². The maximum absolute atomic E-state index is 12.7. The fourth-order valence-electron chi connectivity index (χ4n) is 3.48. The summed E-state index contributed by atoms with van der Waals surface area (Å²) in [5.41, 5.74) is 2.24. The van der Waals surface area contributed by atoms with Gasteiger partial charge in [0, 0.05) is 32.6 Å². The van der Waals surface area contributed by atoms with Gasteiger partial charge < -0.3 is 14.5 Å². The van der Waals surface area contributed by atoms with Gasteiger partial charge in [-0.15, -0.1) is 0 Å². The topological polar surface area (TPSA) is 49.9 Å². The van der Waals surface area contributed by atoms with Crippen molar-refractivity contribution in [2.75, 3.05) is 32.8 Å². The lowest BCUT2D eigenvalue weighted by Crippen LogP contribution is -2.39. The monoisotopic (exact) mass is 388 g/mol. The number of rotatable bonds is 5. The Balaban J connectivity index is 1.95. The molecule has 1 aromatic rings. The smallest absolute Gasteiger partial charge is 0.260 e. The summed E-state index contributed by atoms with van der Waals surface area (Å²) in [5, 5.41) is 0. The van der Waals surface area contributed by atoms with Crippen LogP contribution in [0.3, 0.4) is 0 Å². The van der Waals surface area contributed by atoms with E-state index in [2.05, 4.69) is 47.6 Å². The highest BCUT2D eigenvalue weighted by Gasteiger charge is 2.24. The number of nitrogens with zero attached hydrogens (tertiary/aromatic N) is 2. The van der Waals surface area contributed by atoms with Gasteiger partial charge in [0.05, 0.1) is 0 Å². The molecule has 1 heterocycles. The second-order valence-corrected chi connectivity index (χ2v) is 9.25. The Bertz CT molecular complexity index is 692. The Morgan fingerprint density at radius 2 is 1.64 bits per heavy atom. The number of carbonyl (C=O) groups is 2. The standard InChI is InChI=1S/C23H36N2O3/c1-17(2)14-21(26)24-10-7-11-25(13-12-24)22(27)16-28-20-9-8-18(3)15-19(20)23(4,5)6/h8-9,15,17H,7,10-14,16H2,1-6H3. The van der Waals surface area contributed by atoms with Crippen LogP contribution in [0, 0.1) is 12.8 Å². The summed E-state index contributed by atoms with van der Waals surface area (Å²) in [4.78, 5) is 28.7. The largest absolute Gasteiger partial charge is 0.483 e. The molecule has 1 aliphatic rings. The molecule has 2 rings (SSSR count). The van der Waals surface area contributed by atoms with E-state index in [0.717, 1.165) is 24.3 Å². The van der Waals surface area contributed by atoms with E-state index in [4.69, 9.17) is 4.74 Å². The molecule has 1 aromatic carbocycles. The summed E-state index contributed by atoms with van der Waals surface area (Å²) in [7, 11) is 0. The van der Waals surface area contributed by atoms with Crippen molar-refractivity contribution in [3.63, 3.8) is 0 Å². The first-order chi connectivity index (χ1) is 13.1. The van der Waals surface area contributed by atoms with E-state index in [1.54, 1.807) is 0 Å². The van der Waals surface area contributed by atoms with Crippen molar-refractivity contribution >= 4 is 11.8 Å². The molecule has 2 amide bonds. The molecule has 1 aliphatic heterocycles. The zero-order chi connectivity index (χ0) is 20.9. The second-order valence-electron chi connectivity index (χ2n) is 9.25. The van der Waals surface area contributed by atoms with E-state index in [9.17, 15) is 9.59 Å². The summed E-state index contributed by atoms with van der Waals surface area (Å²) in [6.07, 6.45) is 1.38. The molecule has 0 unspecified atom stereocenters. The molecule has 1 saturated heterocycles. The average Bonchev–Trinajstić information content (AvgIpc) is 2.85. The number of hydrogen-bond donors (Lipinski definition) is 0. The van der Waals surface area contributed by atoms with Crippen molar-refractivity contribution in [2.45, 2.75) is 59.8 Å². The third-order valence-electron chi connectivity index (χ3n) is 5.08. The predicted molar refractivity (Wildman–Crippen MR) is 113 cm³/mol. The Kier molecular flexibility index (Phi) is 7.50. The van der Waals surface area contributed by atoms with Crippen LogP contribution in [0.1, 0.15) is 58.6 Å². The maximum Gasteiger partial charge on any atom is 0.260 e. The fraction of sp³-hybridized carbons (Fsp3) is 0.652. The van der Waals surface area contributed by atoms with E-state index < -0.39 is 0 Å². The Labute approximate surface area is 170 Å². The summed E-state index contributed by atoms with van der Waals surface area (Å²) >= 11 is 0. The average molecular weight is 389 g/mol. The lowest BCUT2D eigenvalue weighted by atomic mass is 9.85. The van der Waals surface area contributed by atoms with Gasteiger partial charge in [-0.2, -0.15) is 0 Å². The molecular weight excluding hydrogens is 352 g/mol. The highest BCUT2D eigenvalue weighted by molar-refractivity contribution is 5.79. The molecule has 28 heavy (non-hydrogen) atoms. The van der Waals surface area contributed by atoms with Gasteiger partial charge in [-0.3, -0.25) is 9.59 Å². The summed E-state index contributed by atoms with van der Waals surface area (Å²) < 4.78 is 5.93. The highest BCUT2D eigenvalue weighted by Crippen LogP contribution is 2.32.